The quantitative estimate of drug-likeness (QED) is 0.740. The number of rotatable bonds is 4. The summed E-state index contributed by atoms with van der Waals surface area (Å²) in [5, 5.41) is 0. The van der Waals surface area contributed by atoms with Gasteiger partial charge < -0.3 is 9.47 Å². The first-order chi connectivity index (χ1) is 7.60. The molecule has 0 saturated carbocycles. The second-order valence-corrected chi connectivity index (χ2v) is 3.26. The fraction of sp³-hybridized carbons (Fsp3) is 0.417. The summed E-state index contributed by atoms with van der Waals surface area (Å²) in [6.07, 6.45) is 0. The molecule has 1 rings (SSSR count). The lowest BCUT2D eigenvalue weighted by molar-refractivity contribution is 0.0525. The number of aryl methyl sites for hydroxylation is 1. The van der Waals surface area contributed by atoms with Crippen LogP contribution in [0.15, 0.2) is 12.1 Å². The van der Waals surface area contributed by atoms with Crippen molar-refractivity contribution >= 4 is 5.97 Å². The van der Waals surface area contributed by atoms with Crippen LogP contribution in [0.5, 0.6) is 5.75 Å². The van der Waals surface area contributed by atoms with Crippen LogP contribution in [0.1, 0.15) is 29.8 Å². The first-order valence-electron chi connectivity index (χ1n) is 5.20. The van der Waals surface area contributed by atoms with Gasteiger partial charge in [0, 0.05) is 0 Å². The number of ether oxygens (including phenoxy) is 2. The molecule has 0 aliphatic heterocycles. The third-order valence-electron chi connectivity index (χ3n) is 2.03. The highest BCUT2D eigenvalue weighted by atomic mass is 19.1. The molecule has 4 heteroatoms. The van der Waals surface area contributed by atoms with E-state index in [1.165, 1.54) is 12.1 Å². The zero-order valence-corrected chi connectivity index (χ0v) is 9.67. The van der Waals surface area contributed by atoms with E-state index in [0.717, 1.165) is 0 Å². The normalized spacial score (nSPS) is 10.0. The number of benzene rings is 1. The van der Waals surface area contributed by atoms with Gasteiger partial charge in [0.05, 0.1) is 18.8 Å². The predicted octanol–water partition coefficient (Wildman–Crippen LogP) is 2.71. The van der Waals surface area contributed by atoms with E-state index in [0.29, 0.717) is 24.3 Å². The van der Waals surface area contributed by atoms with Crippen LogP contribution >= 0.6 is 0 Å². The van der Waals surface area contributed by atoms with Crippen molar-refractivity contribution in [1.29, 1.82) is 0 Å². The Hall–Kier alpha value is -1.58. The van der Waals surface area contributed by atoms with Crippen molar-refractivity contribution in [3.8, 4) is 5.75 Å². The van der Waals surface area contributed by atoms with Gasteiger partial charge in [0.1, 0.15) is 0 Å². The summed E-state index contributed by atoms with van der Waals surface area (Å²) in [5.74, 6) is -0.813. The Bertz CT molecular complexity index is 388. The van der Waals surface area contributed by atoms with Gasteiger partial charge in [-0.25, -0.2) is 9.18 Å². The van der Waals surface area contributed by atoms with Crippen LogP contribution in [0.25, 0.3) is 0 Å². The topological polar surface area (TPSA) is 35.5 Å². The summed E-state index contributed by atoms with van der Waals surface area (Å²) in [6.45, 7) is 5.70. The number of hydrogen-bond acceptors (Lipinski definition) is 3. The molecule has 0 saturated heterocycles. The first kappa shape index (κ1) is 12.5. The van der Waals surface area contributed by atoms with Gasteiger partial charge in [-0.3, -0.25) is 0 Å². The average Bonchev–Trinajstić information content (AvgIpc) is 2.25. The fourth-order valence-corrected chi connectivity index (χ4v) is 1.33. The highest BCUT2D eigenvalue weighted by molar-refractivity contribution is 5.90. The van der Waals surface area contributed by atoms with Gasteiger partial charge in [0.15, 0.2) is 11.6 Å². The highest BCUT2D eigenvalue weighted by Gasteiger charge is 2.14. The molecule has 0 amide bonds. The van der Waals surface area contributed by atoms with Crippen LogP contribution in [-0.2, 0) is 4.74 Å². The minimum Gasteiger partial charge on any atom is -0.491 e. The Balaban J connectivity index is 3.08. The van der Waals surface area contributed by atoms with Crippen LogP contribution < -0.4 is 4.74 Å². The van der Waals surface area contributed by atoms with E-state index < -0.39 is 11.8 Å². The third kappa shape index (κ3) is 2.72. The van der Waals surface area contributed by atoms with E-state index in [1.807, 2.05) is 0 Å². The molecule has 0 N–H and O–H groups in total. The summed E-state index contributed by atoms with van der Waals surface area (Å²) < 4.78 is 23.5. The van der Waals surface area contributed by atoms with E-state index in [2.05, 4.69) is 0 Å². The maximum absolute atomic E-state index is 13.5. The largest absolute Gasteiger partial charge is 0.491 e. The molecule has 1 aromatic carbocycles. The second kappa shape index (κ2) is 5.49. The maximum Gasteiger partial charge on any atom is 0.338 e. The van der Waals surface area contributed by atoms with Crippen LogP contribution in [-0.4, -0.2) is 19.2 Å². The summed E-state index contributed by atoms with van der Waals surface area (Å²) in [7, 11) is 0. The molecule has 0 spiro atoms. The van der Waals surface area contributed by atoms with Crippen molar-refractivity contribution in [2.45, 2.75) is 20.8 Å². The van der Waals surface area contributed by atoms with Gasteiger partial charge in [-0.1, -0.05) is 0 Å². The van der Waals surface area contributed by atoms with Gasteiger partial charge in [-0.05, 0) is 38.5 Å². The Kier molecular flexibility index (Phi) is 4.28. The lowest BCUT2D eigenvalue weighted by Crippen LogP contribution is -2.07. The molecular weight excluding hydrogens is 211 g/mol. The van der Waals surface area contributed by atoms with Crippen molar-refractivity contribution in [1.82, 2.24) is 0 Å². The monoisotopic (exact) mass is 226 g/mol. The zero-order chi connectivity index (χ0) is 12.1. The van der Waals surface area contributed by atoms with Crippen molar-refractivity contribution in [2.24, 2.45) is 0 Å². The molecular formula is C12H15FO3. The third-order valence-corrected chi connectivity index (χ3v) is 2.03. The molecule has 0 fully saturated rings. The van der Waals surface area contributed by atoms with Gasteiger partial charge in [-0.15, -0.1) is 0 Å². The Morgan fingerprint density at radius 2 is 2.00 bits per heavy atom. The van der Waals surface area contributed by atoms with Gasteiger partial charge in [-0.2, -0.15) is 0 Å². The van der Waals surface area contributed by atoms with Gasteiger partial charge in [0.25, 0.3) is 0 Å². The van der Waals surface area contributed by atoms with E-state index in [4.69, 9.17) is 9.47 Å². The molecule has 3 nitrogen and oxygen atoms in total. The smallest absolute Gasteiger partial charge is 0.338 e. The first-order valence-corrected chi connectivity index (χ1v) is 5.20. The van der Waals surface area contributed by atoms with Crippen molar-refractivity contribution in [3.63, 3.8) is 0 Å². The van der Waals surface area contributed by atoms with E-state index in [1.54, 1.807) is 20.8 Å². The Morgan fingerprint density at radius 1 is 1.31 bits per heavy atom. The minimum absolute atomic E-state index is 0.0885. The number of carbonyl (C=O) groups is 1. The van der Waals surface area contributed by atoms with E-state index >= 15 is 0 Å². The summed E-state index contributed by atoms with van der Waals surface area (Å²) >= 11 is 0. The van der Waals surface area contributed by atoms with Crippen LogP contribution in [0, 0.1) is 12.7 Å². The number of hydrogen-bond donors (Lipinski definition) is 0. The number of halogens is 1. The molecule has 0 aromatic heterocycles. The SMILES string of the molecule is CCOC(=O)c1cc(C)c(F)c(OCC)c1. The molecule has 88 valence electrons. The fourth-order valence-electron chi connectivity index (χ4n) is 1.33. The lowest BCUT2D eigenvalue weighted by atomic mass is 10.1. The molecule has 0 heterocycles. The van der Waals surface area contributed by atoms with E-state index in [-0.39, 0.29) is 5.75 Å². The molecule has 0 bridgehead atoms. The van der Waals surface area contributed by atoms with Crippen molar-refractivity contribution < 1.29 is 18.7 Å². The van der Waals surface area contributed by atoms with Crippen molar-refractivity contribution in [3.05, 3.63) is 29.1 Å². The molecule has 16 heavy (non-hydrogen) atoms. The molecule has 0 aliphatic carbocycles. The Morgan fingerprint density at radius 3 is 2.56 bits per heavy atom. The van der Waals surface area contributed by atoms with E-state index in [9.17, 15) is 9.18 Å². The van der Waals surface area contributed by atoms with Crippen molar-refractivity contribution in [2.75, 3.05) is 13.2 Å². The summed E-state index contributed by atoms with van der Waals surface area (Å²) in [6, 6.07) is 2.82. The molecule has 1 aromatic rings. The number of esters is 1. The lowest BCUT2D eigenvalue weighted by Gasteiger charge is -2.09. The Labute approximate surface area is 94.2 Å². The highest BCUT2D eigenvalue weighted by Crippen LogP contribution is 2.23. The van der Waals surface area contributed by atoms with Crippen LogP contribution in [0.4, 0.5) is 4.39 Å². The molecule has 0 radical (unpaired) electrons. The molecule has 0 aliphatic rings. The number of carbonyl (C=O) groups excluding carboxylic acids is 1. The standard InChI is InChI=1S/C12H15FO3/c1-4-15-10-7-9(12(14)16-5-2)6-8(3)11(10)13/h6-7H,4-5H2,1-3H3. The maximum atomic E-state index is 13.5. The molecule has 0 unspecified atom stereocenters. The predicted molar refractivity (Wildman–Crippen MR) is 58.3 cm³/mol. The van der Waals surface area contributed by atoms with Crippen LogP contribution in [0.3, 0.4) is 0 Å². The zero-order valence-electron chi connectivity index (χ0n) is 9.67. The van der Waals surface area contributed by atoms with Gasteiger partial charge >= 0.3 is 5.97 Å². The van der Waals surface area contributed by atoms with Gasteiger partial charge in [0.2, 0.25) is 0 Å². The minimum atomic E-state index is -0.466. The average molecular weight is 226 g/mol. The summed E-state index contributed by atoms with van der Waals surface area (Å²) in [4.78, 5) is 11.5. The molecule has 0 atom stereocenters. The van der Waals surface area contributed by atoms with Crippen LogP contribution in [0.2, 0.25) is 0 Å². The second-order valence-electron chi connectivity index (χ2n) is 3.26. The summed E-state index contributed by atoms with van der Waals surface area (Å²) in [5.41, 5.74) is 0.679.